The molecule has 0 bridgehead atoms. The summed E-state index contributed by atoms with van der Waals surface area (Å²) in [5, 5.41) is 0. The third kappa shape index (κ3) is 2.52. The average Bonchev–Trinajstić information content (AvgIpc) is 2.64. The van der Waals surface area contributed by atoms with E-state index in [0.717, 1.165) is 27.0 Å². The fourth-order valence-electron chi connectivity index (χ4n) is 2.26. The van der Waals surface area contributed by atoms with Crippen LogP contribution in [0.2, 0.25) is 0 Å². The van der Waals surface area contributed by atoms with Crippen molar-refractivity contribution in [3.05, 3.63) is 50.9 Å². The highest BCUT2D eigenvalue weighted by molar-refractivity contribution is 9.10. The van der Waals surface area contributed by atoms with Crippen LogP contribution in [0, 0.1) is 27.7 Å². The predicted molar refractivity (Wildman–Crippen MR) is 84.5 cm³/mol. The molecule has 3 nitrogen and oxygen atoms in total. The van der Waals surface area contributed by atoms with Crippen LogP contribution >= 0.6 is 15.9 Å². The number of aryl methyl sites for hydroxylation is 4. The number of anilines is 1. The molecule has 0 atom stereocenters. The molecule has 1 heterocycles. The van der Waals surface area contributed by atoms with Gasteiger partial charge in [0, 0.05) is 12.7 Å². The maximum absolute atomic E-state index is 12.7. The number of benzene rings is 1. The number of amides is 1. The van der Waals surface area contributed by atoms with E-state index in [1.54, 1.807) is 11.9 Å². The zero-order valence-corrected chi connectivity index (χ0v) is 14.0. The lowest BCUT2D eigenvalue weighted by atomic mass is 10.1. The van der Waals surface area contributed by atoms with Crippen molar-refractivity contribution in [1.82, 2.24) is 0 Å². The van der Waals surface area contributed by atoms with Gasteiger partial charge in [-0.25, -0.2) is 0 Å². The summed E-state index contributed by atoms with van der Waals surface area (Å²) in [5.74, 6) is 1.29. The first-order valence-corrected chi connectivity index (χ1v) is 7.23. The van der Waals surface area contributed by atoms with Gasteiger partial charge in [-0.3, -0.25) is 4.79 Å². The van der Waals surface area contributed by atoms with Crippen LogP contribution < -0.4 is 4.90 Å². The Morgan fingerprint density at radius 2 is 1.80 bits per heavy atom. The second-order valence-corrected chi connectivity index (χ2v) is 5.85. The molecule has 1 amide bonds. The molecule has 0 aliphatic heterocycles. The molecule has 0 N–H and O–H groups in total. The summed E-state index contributed by atoms with van der Waals surface area (Å²) < 4.78 is 6.25. The Morgan fingerprint density at radius 1 is 1.15 bits per heavy atom. The summed E-state index contributed by atoms with van der Waals surface area (Å²) in [6.45, 7) is 7.67. The van der Waals surface area contributed by atoms with Crippen molar-refractivity contribution in [3.63, 3.8) is 0 Å². The lowest BCUT2D eigenvalue weighted by molar-refractivity contribution is 0.0991. The van der Waals surface area contributed by atoms with Crippen LogP contribution in [0.1, 0.15) is 33.0 Å². The van der Waals surface area contributed by atoms with E-state index in [-0.39, 0.29) is 5.91 Å². The third-order valence-corrected chi connectivity index (χ3v) is 4.39. The molecule has 0 spiro atoms. The van der Waals surface area contributed by atoms with E-state index in [2.05, 4.69) is 15.9 Å². The number of hydrogen-bond acceptors (Lipinski definition) is 2. The van der Waals surface area contributed by atoms with E-state index in [1.165, 1.54) is 0 Å². The molecule has 1 aromatic heterocycles. The number of carbonyl (C=O) groups is 1. The topological polar surface area (TPSA) is 33.5 Å². The molecule has 0 unspecified atom stereocenters. The second kappa shape index (κ2) is 5.44. The highest BCUT2D eigenvalue weighted by Gasteiger charge is 2.24. The van der Waals surface area contributed by atoms with Crippen molar-refractivity contribution >= 4 is 27.5 Å². The van der Waals surface area contributed by atoms with E-state index in [1.807, 2.05) is 45.9 Å². The largest absolute Gasteiger partial charge is 0.465 e. The molecule has 2 rings (SSSR count). The fraction of sp³-hybridized carbons (Fsp3) is 0.312. The Hall–Kier alpha value is -1.55. The highest BCUT2D eigenvalue weighted by atomic mass is 79.9. The van der Waals surface area contributed by atoms with Crippen molar-refractivity contribution < 1.29 is 9.21 Å². The van der Waals surface area contributed by atoms with Crippen LogP contribution in [0.4, 0.5) is 5.69 Å². The lowest BCUT2D eigenvalue weighted by Gasteiger charge is -2.20. The number of nitrogens with zero attached hydrogens (tertiary/aromatic N) is 1. The molecule has 0 saturated carbocycles. The lowest BCUT2D eigenvalue weighted by Crippen LogP contribution is -2.27. The van der Waals surface area contributed by atoms with Gasteiger partial charge in [-0.1, -0.05) is 12.1 Å². The first kappa shape index (κ1) is 14.9. The Balaban J connectivity index is 2.45. The van der Waals surface area contributed by atoms with Crippen LogP contribution in [-0.2, 0) is 0 Å². The quantitative estimate of drug-likeness (QED) is 0.806. The van der Waals surface area contributed by atoms with Crippen LogP contribution in [0.25, 0.3) is 0 Å². The van der Waals surface area contributed by atoms with Gasteiger partial charge < -0.3 is 9.32 Å². The molecular weight excluding hydrogens is 318 g/mol. The van der Waals surface area contributed by atoms with Crippen LogP contribution in [-0.4, -0.2) is 13.0 Å². The van der Waals surface area contributed by atoms with Gasteiger partial charge in [0.1, 0.15) is 11.5 Å². The molecule has 0 fully saturated rings. The molecule has 0 saturated heterocycles. The normalized spacial score (nSPS) is 10.7. The zero-order valence-electron chi connectivity index (χ0n) is 12.4. The van der Waals surface area contributed by atoms with Gasteiger partial charge in [0.25, 0.3) is 5.91 Å². The molecule has 106 valence electrons. The van der Waals surface area contributed by atoms with Crippen LogP contribution in [0.15, 0.2) is 27.1 Å². The van der Waals surface area contributed by atoms with Crippen molar-refractivity contribution in [2.45, 2.75) is 27.7 Å². The molecule has 20 heavy (non-hydrogen) atoms. The fourth-order valence-corrected chi connectivity index (χ4v) is 2.79. The summed E-state index contributed by atoms with van der Waals surface area (Å²) in [6.07, 6.45) is 0. The van der Waals surface area contributed by atoms with Crippen molar-refractivity contribution in [3.8, 4) is 0 Å². The number of furan rings is 1. The second-order valence-electron chi connectivity index (χ2n) is 5.06. The average molecular weight is 336 g/mol. The first-order valence-electron chi connectivity index (χ1n) is 6.43. The SMILES string of the molecule is Cc1ccc(C)c(N(C)C(=O)c2c(C)oc(C)c2Br)c1. The molecule has 0 aliphatic carbocycles. The predicted octanol–water partition coefficient (Wildman–Crippen LogP) is 4.55. The number of halogens is 1. The molecule has 2 aromatic rings. The van der Waals surface area contributed by atoms with E-state index in [0.29, 0.717) is 11.3 Å². The van der Waals surface area contributed by atoms with Crippen molar-refractivity contribution in [2.24, 2.45) is 0 Å². The summed E-state index contributed by atoms with van der Waals surface area (Å²) in [7, 11) is 1.79. The smallest absolute Gasteiger partial charge is 0.262 e. The van der Waals surface area contributed by atoms with Gasteiger partial charge in [0.05, 0.1) is 10.0 Å². The Kier molecular flexibility index (Phi) is 4.04. The minimum absolute atomic E-state index is 0.0695. The summed E-state index contributed by atoms with van der Waals surface area (Å²) in [4.78, 5) is 14.4. The van der Waals surface area contributed by atoms with Gasteiger partial charge in [0.2, 0.25) is 0 Å². The minimum Gasteiger partial charge on any atom is -0.465 e. The van der Waals surface area contributed by atoms with Gasteiger partial charge in [-0.05, 0) is 60.8 Å². The highest BCUT2D eigenvalue weighted by Crippen LogP contribution is 2.30. The number of hydrogen-bond donors (Lipinski definition) is 0. The van der Waals surface area contributed by atoms with Crippen LogP contribution in [0.5, 0.6) is 0 Å². The molecular formula is C16H18BrNO2. The molecule has 1 aromatic carbocycles. The van der Waals surface area contributed by atoms with Gasteiger partial charge in [-0.2, -0.15) is 0 Å². The van der Waals surface area contributed by atoms with Crippen molar-refractivity contribution in [1.29, 1.82) is 0 Å². The summed E-state index contributed by atoms with van der Waals surface area (Å²) >= 11 is 3.43. The third-order valence-electron chi connectivity index (χ3n) is 3.43. The van der Waals surface area contributed by atoms with Gasteiger partial charge in [-0.15, -0.1) is 0 Å². The van der Waals surface area contributed by atoms with E-state index in [4.69, 9.17) is 4.42 Å². The Labute approximate surface area is 127 Å². The molecule has 0 radical (unpaired) electrons. The Morgan fingerprint density at radius 3 is 2.35 bits per heavy atom. The van der Waals surface area contributed by atoms with Gasteiger partial charge >= 0.3 is 0 Å². The van der Waals surface area contributed by atoms with E-state index < -0.39 is 0 Å². The van der Waals surface area contributed by atoms with Crippen molar-refractivity contribution in [2.75, 3.05) is 11.9 Å². The maximum Gasteiger partial charge on any atom is 0.262 e. The van der Waals surface area contributed by atoms with Crippen LogP contribution in [0.3, 0.4) is 0 Å². The number of rotatable bonds is 2. The maximum atomic E-state index is 12.7. The standard InChI is InChI=1S/C16H18BrNO2/c1-9-6-7-10(2)13(8-9)18(5)16(19)14-11(3)20-12(4)15(14)17/h6-8H,1-5H3. The molecule has 0 aliphatic rings. The zero-order chi connectivity index (χ0) is 15.0. The number of carbonyl (C=O) groups excluding carboxylic acids is 1. The van der Waals surface area contributed by atoms with Gasteiger partial charge in [0.15, 0.2) is 0 Å². The van der Waals surface area contributed by atoms with E-state index in [9.17, 15) is 4.79 Å². The molecule has 4 heteroatoms. The van der Waals surface area contributed by atoms with E-state index >= 15 is 0 Å². The minimum atomic E-state index is -0.0695. The first-order chi connectivity index (χ1) is 9.32. The monoisotopic (exact) mass is 335 g/mol. The summed E-state index contributed by atoms with van der Waals surface area (Å²) in [5.41, 5.74) is 3.70. The summed E-state index contributed by atoms with van der Waals surface area (Å²) in [6, 6.07) is 6.08. The Bertz CT molecular complexity index is 673.